The summed E-state index contributed by atoms with van der Waals surface area (Å²) in [6.45, 7) is 1.65. The van der Waals surface area contributed by atoms with Crippen LogP contribution in [-0.4, -0.2) is 34.5 Å². The van der Waals surface area contributed by atoms with Gasteiger partial charge in [-0.3, -0.25) is 9.78 Å². The zero-order valence-electron chi connectivity index (χ0n) is 13.3. The summed E-state index contributed by atoms with van der Waals surface area (Å²) in [5, 5.41) is 8.18. The van der Waals surface area contributed by atoms with Gasteiger partial charge in [-0.15, -0.1) is 12.3 Å². The predicted molar refractivity (Wildman–Crippen MR) is 87.7 cm³/mol. The van der Waals surface area contributed by atoms with Gasteiger partial charge >= 0.3 is 0 Å². The molecule has 0 aromatic carbocycles. The lowest BCUT2D eigenvalue weighted by Gasteiger charge is -2.32. The van der Waals surface area contributed by atoms with E-state index in [4.69, 9.17) is 6.42 Å². The Bertz CT molecular complexity index is 606. The zero-order valence-corrected chi connectivity index (χ0v) is 13.3. The number of likely N-dealkylation sites (tertiary alicyclic amines) is 1. The van der Waals surface area contributed by atoms with E-state index < -0.39 is 0 Å². The Labute approximate surface area is 137 Å². The number of rotatable bonds is 6. The molecular weight excluding hydrogens is 288 g/mol. The van der Waals surface area contributed by atoms with E-state index in [1.807, 2.05) is 17.2 Å². The molecule has 120 valence electrons. The topological polar surface area (TPSA) is 57.9 Å². The van der Waals surface area contributed by atoms with E-state index >= 15 is 0 Å². The van der Waals surface area contributed by atoms with Crippen LogP contribution in [0.1, 0.15) is 50.0 Å². The molecule has 0 N–H and O–H groups in total. The molecule has 1 saturated heterocycles. The highest BCUT2D eigenvalue weighted by atomic mass is 16.2. The van der Waals surface area contributed by atoms with Crippen LogP contribution in [-0.2, 0) is 4.79 Å². The van der Waals surface area contributed by atoms with Crippen LogP contribution in [0.15, 0.2) is 34.8 Å². The van der Waals surface area contributed by atoms with Gasteiger partial charge in [-0.05, 0) is 30.4 Å². The molecule has 0 spiro atoms. The fourth-order valence-electron chi connectivity index (χ4n) is 3.21. The largest absolute Gasteiger partial charge is 0.343 e. The van der Waals surface area contributed by atoms with Crippen LogP contribution in [0.2, 0.25) is 0 Å². The second-order valence-electron chi connectivity index (χ2n) is 6.33. The van der Waals surface area contributed by atoms with Crippen molar-refractivity contribution in [2.45, 2.75) is 50.1 Å². The normalized spacial score (nSPS) is 19.3. The first-order valence-corrected chi connectivity index (χ1v) is 8.28. The van der Waals surface area contributed by atoms with Crippen LogP contribution < -0.4 is 0 Å². The average Bonchev–Trinajstić information content (AvgIpc) is 3.39. The summed E-state index contributed by atoms with van der Waals surface area (Å²) in [4.78, 5) is 18.5. The Balaban J connectivity index is 1.43. The molecule has 23 heavy (non-hydrogen) atoms. The maximum Gasteiger partial charge on any atom is 0.222 e. The molecule has 2 aliphatic heterocycles. The Morgan fingerprint density at radius 3 is 2.74 bits per heavy atom. The Morgan fingerprint density at radius 1 is 1.35 bits per heavy atom. The summed E-state index contributed by atoms with van der Waals surface area (Å²) in [5.41, 5.74) is 0.930. The van der Waals surface area contributed by atoms with Crippen molar-refractivity contribution in [2.75, 3.05) is 13.1 Å². The quantitative estimate of drug-likeness (QED) is 0.758. The first-order chi connectivity index (χ1) is 11.2. The maximum absolute atomic E-state index is 12.4. The molecule has 2 aliphatic rings. The van der Waals surface area contributed by atoms with E-state index in [0.717, 1.165) is 32.4 Å². The smallest absolute Gasteiger partial charge is 0.222 e. The molecule has 5 heteroatoms. The van der Waals surface area contributed by atoms with Crippen LogP contribution in [0.25, 0.3) is 0 Å². The lowest BCUT2D eigenvalue weighted by molar-refractivity contribution is -0.132. The summed E-state index contributed by atoms with van der Waals surface area (Å²) >= 11 is 0. The van der Waals surface area contributed by atoms with Crippen molar-refractivity contribution in [3.8, 4) is 12.3 Å². The highest BCUT2D eigenvalue weighted by molar-refractivity contribution is 5.76. The van der Waals surface area contributed by atoms with Gasteiger partial charge in [0, 0.05) is 51.2 Å². The number of amides is 1. The van der Waals surface area contributed by atoms with Gasteiger partial charge < -0.3 is 4.90 Å². The van der Waals surface area contributed by atoms with E-state index in [1.165, 1.54) is 5.56 Å². The maximum atomic E-state index is 12.4. The lowest BCUT2D eigenvalue weighted by Crippen LogP contribution is -2.38. The molecule has 3 rings (SSSR count). The average molecular weight is 310 g/mol. The van der Waals surface area contributed by atoms with Crippen LogP contribution in [0.3, 0.4) is 0 Å². The monoisotopic (exact) mass is 310 g/mol. The minimum absolute atomic E-state index is 0.215. The molecule has 1 fully saturated rings. The van der Waals surface area contributed by atoms with Crippen LogP contribution in [0, 0.1) is 12.3 Å². The van der Waals surface area contributed by atoms with Crippen LogP contribution >= 0.6 is 0 Å². The van der Waals surface area contributed by atoms with Gasteiger partial charge in [0.15, 0.2) is 5.66 Å². The van der Waals surface area contributed by atoms with Crippen molar-refractivity contribution in [2.24, 2.45) is 10.2 Å². The Hall–Kier alpha value is -2.22. The molecule has 0 aliphatic carbocycles. The molecule has 1 aromatic rings. The number of hydrogen-bond donors (Lipinski definition) is 0. The third kappa shape index (κ3) is 3.95. The molecular formula is C18H22N4O. The lowest BCUT2D eigenvalue weighted by atomic mass is 9.90. The number of hydrogen-bond acceptors (Lipinski definition) is 4. The van der Waals surface area contributed by atoms with E-state index in [0.29, 0.717) is 25.2 Å². The first-order valence-electron chi connectivity index (χ1n) is 8.28. The highest BCUT2D eigenvalue weighted by Crippen LogP contribution is 2.38. The van der Waals surface area contributed by atoms with Crippen molar-refractivity contribution < 1.29 is 4.79 Å². The SMILES string of the molecule is C#CCCC1(CCC(=O)N2CCC(c3cccnc3)CC2)N=N1. The molecule has 0 atom stereocenters. The molecule has 1 amide bonds. The number of carbonyl (C=O) groups is 1. The molecule has 5 nitrogen and oxygen atoms in total. The van der Waals surface area contributed by atoms with Crippen LogP contribution in [0.4, 0.5) is 0 Å². The Kier molecular flexibility index (Phi) is 4.71. The second kappa shape index (κ2) is 6.91. The van der Waals surface area contributed by atoms with Crippen LogP contribution in [0.5, 0.6) is 0 Å². The van der Waals surface area contributed by atoms with Crippen molar-refractivity contribution in [1.82, 2.24) is 9.88 Å². The van der Waals surface area contributed by atoms with Gasteiger partial charge in [-0.2, -0.15) is 10.2 Å². The number of aromatic nitrogens is 1. The third-order valence-electron chi connectivity index (χ3n) is 4.80. The number of pyridine rings is 1. The summed E-state index contributed by atoms with van der Waals surface area (Å²) in [6, 6.07) is 4.10. The molecule has 0 unspecified atom stereocenters. The van der Waals surface area contributed by atoms with E-state index in [2.05, 4.69) is 27.2 Å². The van der Waals surface area contributed by atoms with Gasteiger partial charge in [-0.25, -0.2) is 0 Å². The minimum Gasteiger partial charge on any atom is -0.343 e. The molecule has 3 heterocycles. The number of carbonyl (C=O) groups excluding carboxylic acids is 1. The van der Waals surface area contributed by atoms with Gasteiger partial charge in [0.2, 0.25) is 5.91 Å². The summed E-state index contributed by atoms with van der Waals surface area (Å²) in [5.74, 6) is 3.35. The van der Waals surface area contributed by atoms with Crippen molar-refractivity contribution in [3.05, 3.63) is 30.1 Å². The molecule has 0 saturated carbocycles. The number of terminal acetylenes is 1. The fraction of sp³-hybridized carbons (Fsp3) is 0.556. The van der Waals surface area contributed by atoms with Gasteiger partial charge in [0.05, 0.1) is 0 Å². The highest BCUT2D eigenvalue weighted by Gasteiger charge is 2.39. The standard InChI is InChI=1S/C18H22N4O/c1-2-3-9-18(20-21-18)10-6-17(23)22-12-7-15(8-13-22)16-5-4-11-19-14-16/h1,4-5,11,14-15H,3,6-10,12-13H2. The van der Waals surface area contributed by atoms with E-state index in [9.17, 15) is 4.79 Å². The van der Waals surface area contributed by atoms with E-state index in [1.54, 1.807) is 6.20 Å². The second-order valence-corrected chi connectivity index (χ2v) is 6.33. The third-order valence-corrected chi connectivity index (χ3v) is 4.80. The minimum atomic E-state index is -0.351. The number of piperidine rings is 1. The first kappa shape index (κ1) is 15.7. The van der Waals surface area contributed by atoms with E-state index in [-0.39, 0.29) is 11.6 Å². The van der Waals surface area contributed by atoms with Crippen molar-refractivity contribution in [1.29, 1.82) is 0 Å². The predicted octanol–water partition coefficient (Wildman–Crippen LogP) is 3.14. The van der Waals surface area contributed by atoms with Gasteiger partial charge in [-0.1, -0.05) is 6.07 Å². The summed E-state index contributed by atoms with van der Waals surface area (Å²) in [7, 11) is 0. The molecule has 0 bridgehead atoms. The molecule has 1 aromatic heterocycles. The summed E-state index contributed by atoms with van der Waals surface area (Å²) in [6.07, 6.45) is 13.7. The zero-order chi connectivity index (χ0) is 16.1. The van der Waals surface area contributed by atoms with Crippen molar-refractivity contribution >= 4 is 5.91 Å². The fourth-order valence-corrected chi connectivity index (χ4v) is 3.21. The van der Waals surface area contributed by atoms with Crippen molar-refractivity contribution in [3.63, 3.8) is 0 Å². The number of nitrogens with zero attached hydrogens (tertiary/aromatic N) is 4. The van der Waals surface area contributed by atoms with Gasteiger partial charge in [0.1, 0.15) is 0 Å². The summed E-state index contributed by atoms with van der Waals surface area (Å²) < 4.78 is 0. The Morgan fingerprint density at radius 2 is 2.13 bits per heavy atom. The molecule has 0 radical (unpaired) electrons. The van der Waals surface area contributed by atoms with Gasteiger partial charge in [0.25, 0.3) is 0 Å².